The van der Waals surface area contributed by atoms with Crippen LogP contribution in [0.2, 0.25) is 5.02 Å². The van der Waals surface area contributed by atoms with Crippen LogP contribution in [0.25, 0.3) is 0 Å². The molecule has 120 valence electrons. The molecule has 2 aromatic rings. The third-order valence-electron chi connectivity index (χ3n) is 3.46. The van der Waals surface area contributed by atoms with Crippen LogP contribution in [0.5, 0.6) is 0 Å². The molecule has 1 unspecified atom stereocenters. The molecular formula is C18H19ClN2O2. The Labute approximate surface area is 140 Å². The second-order valence-corrected chi connectivity index (χ2v) is 5.71. The molecule has 0 bridgehead atoms. The van der Waals surface area contributed by atoms with Gasteiger partial charge in [0.25, 0.3) is 0 Å². The maximum absolute atomic E-state index is 12.6. The third kappa shape index (κ3) is 4.41. The van der Waals surface area contributed by atoms with Gasteiger partial charge in [-0.3, -0.25) is 9.59 Å². The predicted octanol–water partition coefficient (Wildman–Crippen LogP) is 3.64. The summed E-state index contributed by atoms with van der Waals surface area (Å²) >= 11 is 6.00. The first-order chi connectivity index (χ1) is 11.0. The average Bonchev–Trinajstić information content (AvgIpc) is 2.55. The highest BCUT2D eigenvalue weighted by Gasteiger charge is 2.18. The molecule has 0 aliphatic rings. The molecule has 2 aromatic carbocycles. The van der Waals surface area contributed by atoms with E-state index in [4.69, 9.17) is 17.3 Å². The number of nitrogens with two attached hydrogens (primary N) is 1. The van der Waals surface area contributed by atoms with Gasteiger partial charge in [0.1, 0.15) is 0 Å². The standard InChI is InChI=1S/C18H19ClN2O2/c1-2-6-15(20)18(23)21-16-11-13(19)9-10-14(16)17(22)12-7-4-3-5-8-12/h3-5,7-11,15H,2,6,20H2,1H3,(H,21,23). The van der Waals surface area contributed by atoms with Crippen molar-refractivity contribution in [1.29, 1.82) is 0 Å². The van der Waals surface area contributed by atoms with Crippen LogP contribution in [-0.2, 0) is 4.79 Å². The number of carbonyl (C=O) groups is 2. The van der Waals surface area contributed by atoms with E-state index < -0.39 is 6.04 Å². The van der Waals surface area contributed by atoms with Crippen LogP contribution in [-0.4, -0.2) is 17.7 Å². The fraction of sp³-hybridized carbons (Fsp3) is 0.222. The Bertz CT molecular complexity index is 701. The van der Waals surface area contributed by atoms with Gasteiger partial charge >= 0.3 is 0 Å². The van der Waals surface area contributed by atoms with Gasteiger partial charge in [-0.15, -0.1) is 0 Å². The highest BCUT2D eigenvalue weighted by atomic mass is 35.5. The van der Waals surface area contributed by atoms with Gasteiger partial charge in [-0.2, -0.15) is 0 Å². The number of nitrogens with one attached hydrogen (secondary N) is 1. The van der Waals surface area contributed by atoms with E-state index >= 15 is 0 Å². The highest BCUT2D eigenvalue weighted by molar-refractivity contribution is 6.31. The number of halogens is 1. The summed E-state index contributed by atoms with van der Waals surface area (Å²) in [4.78, 5) is 24.8. The Kier molecular flexibility index (Phi) is 5.90. The van der Waals surface area contributed by atoms with E-state index in [1.807, 2.05) is 13.0 Å². The minimum Gasteiger partial charge on any atom is -0.324 e. The number of rotatable bonds is 6. The first-order valence-corrected chi connectivity index (χ1v) is 7.86. The second-order valence-electron chi connectivity index (χ2n) is 5.27. The molecule has 0 aliphatic heterocycles. The second kappa shape index (κ2) is 7.90. The first kappa shape index (κ1) is 17.2. The van der Waals surface area contributed by atoms with Crippen molar-refractivity contribution in [2.24, 2.45) is 5.73 Å². The molecular weight excluding hydrogens is 312 g/mol. The molecule has 3 N–H and O–H groups in total. The molecule has 0 aromatic heterocycles. The van der Waals surface area contributed by atoms with Crippen molar-refractivity contribution >= 4 is 29.0 Å². The lowest BCUT2D eigenvalue weighted by Gasteiger charge is -2.14. The maximum atomic E-state index is 12.6. The minimum atomic E-state index is -0.612. The molecule has 0 heterocycles. The Morgan fingerprint density at radius 3 is 2.52 bits per heavy atom. The molecule has 0 saturated carbocycles. The van der Waals surface area contributed by atoms with E-state index in [-0.39, 0.29) is 11.7 Å². The molecule has 0 aliphatic carbocycles. The number of ketones is 1. The normalized spacial score (nSPS) is 11.8. The predicted molar refractivity (Wildman–Crippen MR) is 92.8 cm³/mol. The quantitative estimate of drug-likeness (QED) is 0.794. The van der Waals surface area contributed by atoms with Crippen LogP contribution in [0.1, 0.15) is 35.7 Å². The summed E-state index contributed by atoms with van der Waals surface area (Å²) in [5.74, 6) is -0.502. The number of amides is 1. The van der Waals surface area contributed by atoms with Crippen molar-refractivity contribution in [3.63, 3.8) is 0 Å². The van der Waals surface area contributed by atoms with Gasteiger partial charge in [0, 0.05) is 16.1 Å². The molecule has 1 atom stereocenters. The smallest absolute Gasteiger partial charge is 0.241 e. The molecule has 4 nitrogen and oxygen atoms in total. The first-order valence-electron chi connectivity index (χ1n) is 7.48. The fourth-order valence-electron chi connectivity index (χ4n) is 2.23. The molecule has 2 rings (SSSR count). The summed E-state index contributed by atoms with van der Waals surface area (Å²) in [7, 11) is 0. The fourth-order valence-corrected chi connectivity index (χ4v) is 2.40. The third-order valence-corrected chi connectivity index (χ3v) is 3.69. The highest BCUT2D eigenvalue weighted by Crippen LogP contribution is 2.24. The summed E-state index contributed by atoms with van der Waals surface area (Å²) in [5, 5.41) is 3.16. The van der Waals surface area contributed by atoms with Gasteiger partial charge in [0.15, 0.2) is 5.78 Å². The zero-order chi connectivity index (χ0) is 16.8. The monoisotopic (exact) mass is 330 g/mol. The van der Waals surface area contributed by atoms with Gasteiger partial charge in [0.2, 0.25) is 5.91 Å². The van der Waals surface area contributed by atoms with Crippen LogP contribution >= 0.6 is 11.6 Å². The zero-order valence-electron chi connectivity index (χ0n) is 12.9. The molecule has 0 saturated heterocycles. The SMILES string of the molecule is CCCC(N)C(=O)Nc1cc(Cl)ccc1C(=O)c1ccccc1. The Morgan fingerprint density at radius 1 is 1.17 bits per heavy atom. The van der Waals surface area contributed by atoms with Crippen molar-refractivity contribution in [2.45, 2.75) is 25.8 Å². The van der Waals surface area contributed by atoms with Crippen LogP contribution in [0.3, 0.4) is 0 Å². The van der Waals surface area contributed by atoms with Crippen LogP contribution in [0.15, 0.2) is 48.5 Å². The molecule has 1 amide bonds. The van der Waals surface area contributed by atoms with E-state index in [1.54, 1.807) is 42.5 Å². The number of hydrogen-bond donors (Lipinski definition) is 2. The largest absolute Gasteiger partial charge is 0.324 e. The van der Waals surface area contributed by atoms with E-state index in [0.29, 0.717) is 28.3 Å². The van der Waals surface area contributed by atoms with Crippen molar-refractivity contribution < 1.29 is 9.59 Å². The number of carbonyl (C=O) groups excluding carboxylic acids is 2. The zero-order valence-corrected chi connectivity index (χ0v) is 13.6. The van der Waals surface area contributed by atoms with Crippen LogP contribution in [0.4, 0.5) is 5.69 Å². The molecule has 5 heteroatoms. The summed E-state index contributed by atoms with van der Waals surface area (Å²) in [5.41, 5.74) is 7.13. The Morgan fingerprint density at radius 2 is 1.87 bits per heavy atom. The summed E-state index contributed by atoms with van der Waals surface area (Å²) in [6.07, 6.45) is 1.38. The summed E-state index contributed by atoms with van der Waals surface area (Å²) in [6.45, 7) is 1.96. The Balaban J connectivity index is 2.31. The number of benzene rings is 2. The average molecular weight is 331 g/mol. The van der Waals surface area contributed by atoms with Crippen molar-refractivity contribution in [1.82, 2.24) is 0 Å². The molecule has 0 radical (unpaired) electrons. The lowest BCUT2D eigenvalue weighted by Crippen LogP contribution is -2.35. The van der Waals surface area contributed by atoms with E-state index in [2.05, 4.69) is 5.32 Å². The van der Waals surface area contributed by atoms with Crippen molar-refractivity contribution in [3.05, 3.63) is 64.7 Å². The van der Waals surface area contributed by atoms with Crippen LogP contribution in [0, 0.1) is 0 Å². The van der Waals surface area contributed by atoms with E-state index in [0.717, 1.165) is 6.42 Å². The van der Waals surface area contributed by atoms with Gasteiger partial charge in [-0.05, 0) is 24.6 Å². The molecule has 23 heavy (non-hydrogen) atoms. The minimum absolute atomic E-state index is 0.179. The summed E-state index contributed by atoms with van der Waals surface area (Å²) < 4.78 is 0. The maximum Gasteiger partial charge on any atom is 0.241 e. The van der Waals surface area contributed by atoms with Gasteiger partial charge in [0.05, 0.1) is 11.7 Å². The molecule has 0 fully saturated rings. The van der Waals surface area contributed by atoms with Gasteiger partial charge in [-0.25, -0.2) is 0 Å². The topological polar surface area (TPSA) is 72.2 Å². The van der Waals surface area contributed by atoms with Gasteiger partial charge < -0.3 is 11.1 Å². The number of anilines is 1. The van der Waals surface area contributed by atoms with E-state index in [1.165, 1.54) is 0 Å². The summed E-state index contributed by atoms with van der Waals surface area (Å²) in [6, 6.07) is 13.1. The van der Waals surface area contributed by atoms with Gasteiger partial charge in [-0.1, -0.05) is 55.3 Å². The number of hydrogen-bond acceptors (Lipinski definition) is 3. The lowest BCUT2D eigenvalue weighted by molar-refractivity contribution is -0.117. The molecule has 0 spiro atoms. The van der Waals surface area contributed by atoms with E-state index in [9.17, 15) is 9.59 Å². The van der Waals surface area contributed by atoms with Crippen molar-refractivity contribution in [2.75, 3.05) is 5.32 Å². The van der Waals surface area contributed by atoms with Crippen molar-refractivity contribution in [3.8, 4) is 0 Å². The lowest BCUT2D eigenvalue weighted by atomic mass is 10.0. The Hall–Kier alpha value is -2.17. The van der Waals surface area contributed by atoms with Crippen LogP contribution < -0.4 is 11.1 Å².